The first-order chi connectivity index (χ1) is 7.52. The van der Waals surface area contributed by atoms with Crippen molar-refractivity contribution in [1.82, 2.24) is 0 Å². The van der Waals surface area contributed by atoms with Crippen molar-refractivity contribution >= 4 is 5.97 Å². The maximum atomic E-state index is 11.6. The van der Waals surface area contributed by atoms with Gasteiger partial charge in [0.15, 0.2) is 0 Å². The maximum Gasteiger partial charge on any atom is 0.323 e. The third-order valence-electron chi connectivity index (χ3n) is 3.14. The van der Waals surface area contributed by atoms with E-state index in [0.29, 0.717) is 18.3 Å². The molecule has 3 unspecified atom stereocenters. The van der Waals surface area contributed by atoms with Crippen LogP contribution in [0.1, 0.15) is 39.5 Å². The lowest BCUT2D eigenvalue weighted by Gasteiger charge is -2.31. The summed E-state index contributed by atoms with van der Waals surface area (Å²) >= 11 is 0. The molecule has 0 aromatic rings. The average molecular weight is 225 g/mol. The molecule has 2 N–H and O–H groups in total. The van der Waals surface area contributed by atoms with E-state index in [-0.39, 0.29) is 12.1 Å². The van der Waals surface area contributed by atoms with Gasteiger partial charge >= 0.3 is 5.97 Å². The fourth-order valence-electron chi connectivity index (χ4n) is 2.50. The van der Waals surface area contributed by atoms with Gasteiger partial charge < -0.3 is 10.5 Å². The molecule has 3 nitrogen and oxygen atoms in total. The lowest BCUT2D eigenvalue weighted by molar-refractivity contribution is -0.153. The van der Waals surface area contributed by atoms with E-state index in [1.54, 1.807) is 6.08 Å². The molecule has 0 spiro atoms. The molecule has 92 valence electrons. The fourth-order valence-corrected chi connectivity index (χ4v) is 2.50. The molecular weight excluding hydrogens is 202 g/mol. The number of rotatable bonds is 4. The molecule has 1 aliphatic rings. The van der Waals surface area contributed by atoms with E-state index >= 15 is 0 Å². The number of carbonyl (C=O) groups excluding carboxylic acids is 1. The normalized spacial score (nSPS) is 31.8. The van der Waals surface area contributed by atoms with Crippen LogP contribution < -0.4 is 5.73 Å². The van der Waals surface area contributed by atoms with Gasteiger partial charge in [-0.2, -0.15) is 0 Å². The summed E-state index contributed by atoms with van der Waals surface area (Å²) < 4.78 is 5.43. The van der Waals surface area contributed by atoms with Crippen molar-refractivity contribution in [3.63, 3.8) is 0 Å². The van der Waals surface area contributed by atoms with Gasteiger partial charge in [-0.15, -0.1) is 6.58 Å². The van der Waals surface area contributed by atoms with Crippen molar-refractivity contribution in [2.24, 2.45) is 17.6 Å². The first-order valence-electron chi connectivity index (χ1n) is 6.09. The molecule has 0 aliphatic heterocycles. The quantitative estimate of drug-likeness (QED) is 0.590. The second kappa shape index (κ2) is 6.04. The molecule has 0 amide bonds. The van der Waals surface area contributed by atoms with Gasteiger partial charge in [-0.05, 0) is 37.5 Å². The standard InChI is InChI=1S/C13H23NO2/c1-4-5-12(14)13(15)16-11-7-9(2)6-10(3)8-11/h4,9-12H,1,5-8,14H2,2-3H3. The van der Waals surface area contributed by atoms with Gasteiger partial charge in [-0.25, -0.2) is 0 Å². The summed E-state index contributed by atoms with van der Waals surface area (Å²) in [7, 11) is 0. The Labute approximate surface area is 98.0 Å². The molecule has 1 aliphatic carbocycles. The molecule has 1 saturated carbocycles. The third-order valence-corrected chi connectivity index (χ3v) is 3.14. The molecule has 0 saturated heterocycles. The van der Waals surface area contributed by atoms with Crippen LogP contribution in [0.5, 0.6) is 0 Å². The second-order valence-corrected chi connectivity index (χ2v) is 5.11. The van der Waals surface area contributed by atoms with E-state index in [1.165, 1.54) is 6.42 Å². The van der Waals surface area contributed by atoms with Crippen molar-refractivity contribution in [3.8, 4) is 0 Å². The van der Waals surface area contributed by atoms with Crippen LogP contribution >= 0.6 is 0 Å². The molecule has 3 atom stereocenters. The number of hydrogen-bond donors (Lipinski definition) is 1. The van der Waals surface area contributed by atoms with Crippen molar-refractivity contribution < 1.29 is 9.53 Å². The van der Waals surface area contributed by atoms with Gasteiger partial charge in [0.1, 0.15) is 12.1 Å². The largest absolute Gasteiger partial charge is 0.461 e. The zero-order valence-electron chi connectivity index (χ0n) is 10.3. The van der Waals surface area contributed by atoms with E-state index in [2.05, 4.69) is 20.4 Å². The number of ether oxygens (including phenoxy) is 1. The summed E-state index contributed by atoms with van der Waals surface area (Å²) in [5.41, 5.74) is 5.67. The zero-order chi connectivity index (χ0) is 12.1. The number of esters is 1. The van der Waals surface area contributed by atoms with Crippen molar-refractivity contribution in [1.29, 1.82) is 0 Å². The van der Waals surface area contributed by atoms with Crippen LogP contribution in [0.15, 0.2) is 12.7 Å². The van der Waals surface area contributed by atoms with Crippen LogP contribution in [0.2, 0.25) is 0 Å². The highest BCUT2D eigenvalue weighted by Gasteiger charge is 2.27. The Morgan fingerprint density at radius 3 is 2.50 bits per heavy atom. The molecule has 0 heterocycles. The summed E-state index contributed by atoms with van der Waals surface area (Å²) in [4.78, 5) is 11.6. The average Bonchev–Trinajstić information content (AvgIpc) is 2.16. The molecule has 0 bridgehead atoms. The van der Waals surface area contributed by atoms with Crippen molar-refractivity contribution in [2.75, 3.05) is 0 Å². The Morgan fingerprint density at radius 2 is 2.00 bits per heavy atom. The molecule has 16 heavy (non-hydrogen) atoms. The van der Waals surface area contributed by atoms with Crippen LogP contribution in [0, 0.1) is 11.8 Å². The first-order valence-corrected chi connectivity index (χ1v) is 6.09. The molecular formula is C13H23NO2. The van der Waals surface area contributed by atoms with E-state index < -0.39 is 6.04 Å². The summed E-state index contributed by atoms with van der Waals surface area (Å²) in [6, 6.07) is -0.551. The summed E-state index contributed by atoms with van der Waals surface area (Å²) in [6.45, 7) is 7.98. The summed E-state index contributed by atoms with van der Waals surface area (Å²) in [6.07, 6.45) is 5.36. The molecule has 3 heteroatoms. The van der Waals surface area contributed by atoms with Gasteiger partial charge in [0.2, 0.25) is 0 Å². The van der Waals surface area contributed by atoms with E-state index in [9.17, 15) is 4.79 Å². The Morgan fingerprint density at radius 1 is 1.44 bits per heavy atom. The molecule has 1 fully saturated rings. The van der Waals surface area contributed by atoms with Gasteiger partial charge in [0.25, 0.3) is 0 Å². The van der Waals surface area contributed by atoms with E-state index in [1.807, 2.05) is 0 Å². The summed E-state index contributed by atoms with van der Waals surface area (Å²) in [5.74, 6) is 0.987. The highest BCUT2D eigenvalue weighted by Crippen LogP contribution is 2.30. The van der Waals surface area contributed by atoms with E-state index in [4.69, 9.17) is 10.5 Å². The number of carbonyl (C=O) groups is 1. The van der Waals surface area contributed by atoms with Gasteiger partial charge in [-0.1, -0.05) is 19.9 Å². The first kappa shape index (κ1) is 13.2. The predicted molar refractivity (Wildman–Crippen MR) is 64.8 cm³/mol. The minimum absolute atomic E-state index is 0.0575. The number of hydrogen-bond acceptors (Lipinski definition) is 3. The SMILES string of the molecule is C=CCC(N)C(=O)OC1CC(C)CC(C)C1. The van der Waals surface area contributed by atoms with Gasteiger partial charge in [0, 0.05) is 0 Å². The zero-order valence-corrected chi connectivity index (χ0v) is 10.3. The highest BCUT2D eigenvalue weighted by atomic mass is 16.5. The Bertz CT molecular complexity index is 242. The third kappa shape index (κ3) is 3.97. The fraction of sp³-hybridized carbons (Fsp3) is 0.769. The second-order valence-electron chi connectivity index (χ2n) is 5.11. The van der Waals surface area contributed by atoms with Crippen LogP contribution in [-0.4, -0.2) is 18.1 Å². The monoisotopic (exact) mass is 225 g/mol. The number of nitrogens with two attached hydrogens (primary N) is 1. The summed E-state index contributed by atoms with van der Waals surface area (Å²) in [5, 5.41) is 0. The minimum atomic E-state index is -0.551. The minimum Gasteiger partial charge on any atom is -0.461 e. The molecule has 0 radical (unpaired) electrons. The molecule has 1 rings (SSSR count). The van der Waals surface area contributed by atoms with Crippen LogP contribution in [0.4, 0.5) is 0 Å². The smallest absolute Gasteiger partial charge is 0.323 e. The Hall–Kier alpha value is -0.830. The lowest BCUT2D eigenvalue weighted by Crippen LogP contribution is -2.37. The van der Waals surface area contributed by atoms with Gasteiger partial charge in [-0.3, -0.25) is 4.79 Å². The van der Waals surface area contributed by atoms with Crippen LogP contribution in [0.25, 0.3) is 0 Å². The van der Waals surface area contributed by atoms with Crippen LogP contribution in [-0.2, 0) is 9.53 Å². The topological polar surface area (TPSA) is 52.3 Å². The van der Waals surface area contributed by atoms with Crippen molar-refractivity contribution in [2.45, 2.75) is 51.7 Å². The Balaban J connectivity index is 2.41. The molecule has 0 aromatic carbocycles. The van der Waals surface area contributed by atoms with Crippen LogP contribution in [0.3, 0.4) is 0 Å². The predicted octanol–water partition coefficient (Wildman–Crippen LogP) is 2.26. The Kier molecular flexibility index (Phi) is 5.00. The van der Waals surface area contributed by atoms with E-state index in [0.717, 1.165) is 12.8 Å². The van der Waals surface area contributed by atoms with Crippen molar-refractivity contribution in [3.05, 3.63) is 12.7 Å². The lowest BCUT2D eigenvalue weighted by atomic mass is 9.82. The maximum absolute atomic E-state index is 11.6. The van der Waals surface area contributed by atoms with Gasteiger partial charge in [0.05, 0.1) is 0 Å². The highest BCUT2D eigenvalue weighted by molar-refractivity contribution is 5.75. The molecule has 0 aromatic heterocycles.